The standard InChI is InChI=1S/C13H22N2O3/c1-2-8-5-10(11(6-8)13(17)18)12(16)15-4-3-9(14)7-15/h8-11H,2-7,14H2,1H3,(H,17,18)/t8?,9?,10-,11+/m0/s1. The van der Waals surface area contributed by atoms with Crippen molar-refractivity contribution in [2.45, 2.75) is 38.6 Å². The molecule has 2 aliphatic rings. The lowest BCUT2D eigenvalue weighted by Gasteiger charge is -2.22. The minimum absolute atomic E-state index is 0.00583. The molecule has 2 unspecified atom stereocenters. The number of nitrogens with zero attached hydrogens (tertiary/aromatic N) is 1. The van der Waals surface area contributed by atoms with E-state index in [1.54, 1.807) is 4.90 Å². The second kappa shape index (κ2) is 5.26. The smallest absolute Gasteiger partial charge is 0.307 e. The van der Waals surface area contributed by atoms with Crippen molar-refractivity contribution in [2.75, 3.05) is 13.1 Å². The molecule has 0 bridgehead atoms. The molecule has 5 heteroatoms. The number of hydrogen-bond donors (Lipinski definition) is 2. The molecule has 1 saturated carbocycles. The van der Waals surface area contributed by atoms with E-state index in [1.807, 2.05) is 0 Å². The van der Waals surface area contributed by atoms with Crippen LogP contribution in [-0.2, 0) is 9.59 Å². The van der Waals surface area contributed by atoms with Crippen molar-refractivity contribution in [3.05, 3.63) is 0 Å². The normalized spacial score (nSPS) is 36.0. The fraction of sp³-hybridized carbons (Fsp3) is 0.846. The zero-order chi connectivity index (χ0) is 13.3. The Kier molecular flexibility index (Phi) is 3.90. The van der Waals surface area contributed by atoms with Crippen LogP contribution in [0.4, 0.5) is 0 Å². The third-order valence-electron chi connectivity index (χ3n) is 4.41. The third kappa shape index (κ3) is 2.51. The quantitative estimate of drug-likeness (QED) is 0.776. The zero-order valence-corrected chi connectivity index (χ0v) is 10.8. The summed E-state index contributed by atoms with van der Waals surface area (Å²) in [6, 6.07) is 0.0561. The molecule has 1 heterocycles. The fourth-order valence-corrected chi connectivity index (χ4v) is 3.24. The highest BCUT2D eigenvalue weighted by Gasteiger charge is 2.44. The zero-order valence-electron chi connectivity index (χ0n) is 10.8. The van der Waals surface area contributed by atoms with Gasteiger partial charge >= 0.3 is 5.97 Å². The molecule has 1 saturated heterocycles. The van der Waals surface area contributed by atoms with E-state index >= 15 is 0 Å². The SMILES string of the molecule is CCC1C[C@H](C(=O)N2CCC(N)C2)[C@H](C(=O)O)C1. The molecule has 3 N–H and O–H groups in total. The van der Waals surface area contributed by atoms with E-state index in [4.69, 9.17) is 5.73 Å². The largest absolute Gasteiger partial charge is 0.481 e. The predicted octanol–water partition coefficient (Wildman–Crippen LogP) is 0.683. The molecular weight excluding hydrogens is 232 g/mol. The second-order valence-corrected chi connectivity index (χ2v) is 5.63. The van der Waals surface area contributed by atoms with Gasteiger partial charge in [0.05, 0.1) is 11.8 Å². The van der Waals surface area contributed by atoms with Gasteiger partial charge in [-0.2, -0.15) is 0 Å². The number of likely N-dealkylation sites (tertiary alicyclic amines) is 1. The minimum Gasteiger partial charge on any atom is -0.481 e. The van der Waals surface area contributed by atoms with Gasteiger partial charge in [-0.1, -0.05) is 13.3 Å². The van der Waals surface area contributed by atoms with Crippen LogP contribution in [0.15, 0.2) is 0 Å². The molecule has 0 spiro atoms. The van der Waals surface area contributed by atoms with Gasteiger partial charge in [0, 0.05) is 19.1 Å². The first-order valence-electron chi connectivity index (χ1n) is 6.80. The van der Waals surface area contributed by atoms with Crippen LogP contribution in [0.3, 0.4) is 0 Å². The van der Waals surface area contributed by atoms with Crippen molar-refractivity contribution in [3.63, 3.8) is 0 Å². The van der Waals surface area contributed by atoms with Gasteiger partial charge in [0.1, 0.15) is 0 Å². The third-order valence-corrected chi connectivity index (χ3v) is 4.41. The predicted molar refractivity (Wildman–Crippen MR) is 66.8 cm³/mol. The van der Waals surface area contributed by atoms with Crippen LogP contribution in [0.1, 0.15) is 32.6 Å². The summed E-state index contributed by atoms with van der Waals surface area (Å²) in [5.41, 5.74) is 5.80. The Hall–Kier alpha value is -1.10. The Labute approximate surface area is 107 Å². The molecule has 1 amide bonds. The highest BCUT2D eigenvalue weighted by Crippen LogP contribution is 2.39. The lowest BCUT2D eigenvalue weighted by molar-refractivity contribution is -0.148. The van der Waals surface area contributed by atoms with Crippen molar-refractivity contribution >= 4 is 11.9 Å². The van der Waals surface area contributed by atoms with Gasteiger partial charge < -0.3 is 15.7 Å². The second-order valence-electron chi connectivity index (χ2n) is 5.63. The number of carbonyl (C=O) groups excluding carboxylic acids is 1. The monoisotopic (exact) mass is 254 g/mol. The maximum absolute atomic E-state index is 12.4. The number of nitrogens with two attached hydrogens (primary N) is 1. The average Bonchev–Trinajstić information content (AvgIpc) is 2.93. The van der Waals surface area contributed by atoms with E-state index < -0.39 is 11.9 Å². The molecule has 2 rings (SSSR count). The number of carbonyl (C=O) groups is 2. The van der Waals surface area contributed by atoms with Crippen LogP contribution in [0.2, 0.25) is 0 Å². The molecular formula is C13H22N2O3. The number of carboxylic acids is 1. The summed E-state index contributed by atoms with van der Waals surface area (Å²) in [6.07, 6.45) is 3.14. The van der Waals surface area contributed by atoms with Gasteiger partial charge in [0.25, 0.3) is 0 Å². The highest BCUT2D eigenvalue weighted by atomic mass is 16.4. The van der Waals surface area contributed by atoms with Gasteiger partial charge in [0.2, 0.25) is 5.91 Å². The maximum atomic E-state index is 12.4. The molecule has 1 aliphatic carbocycles. The van der Waals surface area contributed by atoms with Crippen molar-refractivity contribution in [3.8, 4) is 0 Å². The number of amides is 1. The van der Waals surface area contributed by atoms with Gasteiger partial charge in [-0.3, -0.25) is 9.59 Å². The molecule has 4 atom stereocenters. The number of carboxylic acid groups (broad SMARTS) is 1. The van der Waals surface area contributed by atoms with Crippen molar-refractivity contribution < 1.29 is 14.7 Å². The molecule has 0 aromatic carbocycles. The molecule has 2 fully saturated rings. The lowest BCUT2D eigenvalue weighted by atomic mass is 9.95. The number of hydrogen-bond acceptors (Lipinski definition) is 3. The first-order chi connectivity index (χ1) is 8.52. The van der Waals surface area contributed by atoms with E-state index in [2.05, 4.69) is 6.92 Å². The van der Waals surface area contributed by atoms with E-state index in [-0.39, 0.29) is 17.9 Å². The van der Waals surface area contributed by atoms with Crippen molar-refractivity contribution in [1.29, 1.82) is 0 Å². The summed E-state index contributed by atoms with van der Waals surface area (Å²) in [5, 5.41) is 9.25. The summed E-state index contributed by atoms with van der Waals surface area (Å²) in [4.78, 5) is 25.4. The highest BCUT2D eigenvalue weighted by molar-refractivity contribution is 5.85. The van der Waals surface area contributed by atoms with E-state index in [0.717, 1.165) is 19.3 Å². The molecule has 0 aromatic heterocycles. The Morgan fingerprint density at radius 1 is 1.33 bits per heavy atom. The molecule has 18 heavy (non-hydrogen) atoms. The molecule has 1 aliphatic heterocycles. The van der Waals surface area contributed by atoms with Gasteiger partial charge in [-0.05, 0) is 25.2 Å². The summed E-state index contributed by atoms with van der Waals surface area (Å²) >= 11 is 0. The Bertz CT molecular complexity index is 345. The summed E-state index contributed by atoms with van der Waals surface area (Å²) < 4.78 is 0. The fourth-order valence-electron chi connectivity index (χ4n) is 3.24. The lowest BCUT2D eigenvalue weighted by Crippen LogP contribution is -2.39. The van der Waals surface area contributed by atoms with Gasteiger partial charge in [-0.25, -0.2) is 0 Å². The average molecular weight is 254 g/mol. The first-order valence-corrected chi connectivity index (χ1v) is 6.80. The summed E-state index contributed by atoms with van der Waals surface area (Å²) in [7, 11) is 0. The molecule has 5 nitrogen and oxygen atoms in total. The number of aliphatic carboxylic acids is 1. The van der Waals surface area contributed by atoms with Crippen molar-refractivity contribution in [2.24, 2.45) is 23.5 Å². The van der Waals surface area contributed by atoms with Crippen LogP contribution in [0.5, 0.6) is 0 Å². The van der Waals surface area contributed by atoms with E-state index in [9.17, 15) is 14.7 Å². The topological polar surface area (TPSA) is 83.6 Å². The first kappa shape index (κ1) is 13.3. The number of rotatable bonds is 3. The van der Waals surface area contributed by atoms with Crippen LogP contribution >= 0.6 is 0 Å². The summed E-state index contributed by atoms with van der Waals surface area (Å²) in [5.74, 6) is -1.28. The molecule has 0 aromatic rings. The maximum Gasteiger partial charge on any atom is 0.307 e. The van der Waals surface area contributed by atoms with Crippen LogP contribution < -0.4 is 5.73 Å². The van der Waals surface area contributed by atoms with Crippen molar-refractivity contribution in [1.82, 2.24) is 4.90 Å². The van der Waals surface area contributed by atoms with Gasteiger partial charge in [-0.15, -0.1) is 0 Å². The van der Waals surface area contributed by atoms with Gasteiger partial charge in [0.15, 0.2) is 0 Å². The Balaban J connectivity index is 2.05. The molecule has 102 valence electrons. The van der Waals surface area contributed by atoms with Crippen LogP contribution in [0, 0.1) is 17.8 Å². The van der Waals surface area contributed by atoms with E-state index in [1.165, 1.54) is 0 Å². The van der Waals surface area contributed by atoms with Crippen LogP contribution in [-0.4, -0.2) is 41.0 Å². The Morgan fingerprint density at radius 3 is 2.50 bits per heavy atom. The van der Waals surface area contributed by atoms with Crippen LogP contribution in [0.25, 0.3) is 0 Å². The summed E-state index contributed by atoms with van der Waals surface area (Å²) in [6.45, 7) is 3.32. The van der Waals surface area contributed by atoms with E-state index in [0.29, 0.717) is 25.4 Å². The minimum atomic E-state index is -0.826. The molecule has 0 radical (unpaired) electrons. The Morgan fingerprint density at radius 2 is 2.00 bits per heavy atom.